The second kappa shape index (κ2) is 6.03. The van der Waals surface area contributed by atoms with Crippen molar-refractivity contribution >= 4 is 29.4 Å². The van der Waals surface area contributed by atoms with E-state index in [2.05, 4.69) is 9.56 Å². The summed E-state index contributed by atoms with van der Waals surface area (Å²) in [4.78, 5) is 4.35. The number of benzene rings is 1. The van der Waals surface area contributed by atoms with Crippen LogP contribution in [0.3, 0.4) is 0 Å². The first-order valence-electron chi connectivity index (χ1n) is 5.61. The van der Waals surface area contributed by atoms with Gasteiger partial charge in [0, 0.05) is 16.8 Å². The largest absolute Gasteiger partial charge is 0.288 e. The van der Waals surface area contributed by atoms with Crippen LogP contribution in [0.4, 0.5) is 0 Å². The molecule has 0 spiro atoms. The van der Waals surface area contributed by atoms with Crippen LogP contribution in [0.5, 0.6) is 0 Å². The van der Waals surface area contributed by atoms with Crippen LogP contribution in [0.2, 0.25) is 10.0 Å². The molecule has 0 aliphatic rings. The number of hydrogen-bond donors (Lipinski definition) is 0. The van der Waals surface area contributed by atoms with Gasteiger partial charge in [-0.3, -0.25) is 4.99 Å². The molecule has 0 unspecified atom stereocenters. The predicted molar refractivity (Wildman–Crippen MR) is 74.5 cm³/mol. The Balaban J connectivity index is 1.91. The third-order valence-electron chi connectivity index (χ3n) is 2.50. The van der Waals surface area contributed by atoms with Crippen molar-refractivity contribution in [1.82, 2.24) is 4.57 Å². The molecule has 0 atom stereocenters. The van der Waals surface area contributed by atoms with Gasteiger partial charge < -0.3 is 0 Å². The van der Waals surface area contributed by atoms with Crippen molar-refractivity contribution in [2.45, 2.75) is 6.54 Å². The summed E-state index contributed by atoms with van der Waals surface area (Å²) in [6.45, 7) is 1.57. The third kappa shape index (κ3) is 3.59. The Labute approximate surface area is 116 Å². The van der Waals surface area contributed by atoms with Gasteiger partial charge in [0.05, 0.1) is 18.6 Å². The van der Waals surface area contributed by atoms with Gasteiger partial charge in [-0.25, -0.2) is 9.13 Å². The Bertz CT molecular complexity index is 561. The highest BCUT2D eigenvalue weighted by molar-refractivity contribution is 6.36. The Morgan fingerprint density at radius 1 is 1.39 bits per heavy atom. The molecule has 1 heterocycles. The zero-order chi connectivity index (χ0) is 13.0. The number of aliphatic imine (C=N–C) groups is 1. The maximum absolute atomic E-state index is 6.04. The lowest BCUT2D eigenvalue weighted by atomic mass is 10.2. The van der Waals surface area contributed by atoms with E-state index in [1.807, 2.05) is 36.4 Å². The standard InChI is InChI=1S/C13H14Cl2N3/c1-17-6-7-18(10-17)5-4-16-9-11-2-3-12(14)8-13(11)15/h2-3,6-10H,4-5H2,1H3/q+1. The summed E-state index contributed by atoms with van der Waals surface area (Å²) < 4.78 is 4.08. The fourth-order valence-corrected chi connectivity index (χ4v) is 2.03. The maximum atomic E-state index is 6.04. The summed E-state index contributed by atoms with van der Waals surface area (Å²) in [6.07, 6.45) is 7.82. The van der Waals surface area contributed by atoms with E-state index in [0.29, 0.717) is 16.6 Å². The number of nitrogens with zero attached hydrogens (tertiary/aromatic N) is 3. The van der Waals surface area contributed by atoms with Gasteiger partial charge >= 0.3 is 0 Å². The summed E-state index contributed by atoms with van der Waals surface area (Å²) >= 11 is 11.9. The van der Waals surface area contributed by atoms with Crippen molar-refractivity contribution in [3.63, 3.8) is 0 Å². The van der Waals surface area contributed by atoms with E-state index in [1.54, 1.807) is 18.3 Å². The van der Waals surface area contributed by atoms with Crippen LogP contribution in [0, 0.1) is 0 Å². The second-order valence-corrected chi connectivity index (χ2v) is 4.86. The topological polar surface area (TPSA) is 21.2 Å². The number of halogens is 2. The van der Waals surface area contributed by atoms with Gasteiger partial charge in [-0.05, 0) is 12.1 Å². The first kappa shape index (κ1) is 13.1. The van der Waals surface area contributed by atoms with Crippen LogP contribution < -0.4 is 4.57 Å². The van der Waals surface area contributed by atoms with E-state index < -0.39 is 0 Å². The molecule has 0 radical (unpaired) electrons. The number of imidazole rings is 1. The average Bonchev–Trinajstić information content (AvgIpc) is 2.73. The van der Waals surface area contributed by atoms with Gasteiger partial charge in [-0.1, -0.05) is 29.3 Å². The number of rotatable bonds is 4. The van der Waals surface area contributed by atoms with E-state index in [-0.39, 0.29) is 0 Å². The minimum Gasteiger partial charge on any atom is -0.288 e. The van der Waals surface area contributed by atoms with Crippen LogP contribution in [-0.2, 0) is 13.6 Å². The zero-order valence-electron chi connectivity index (χ0n) is 10.1. The van der Waals surface area contributed by atoms with E-state index in [9.17, 15) is 0 Å². The monoisotopic (exact) mass is 282 g/mol. The van der Waals surface area contributed by atoms with E-state index in [1.165, 1.54) is 0 Å². The molecule has 2 aromatic rings. The fourth-order valence-electron chi connectivity index (χ4n) is 1.58. The minimum atomic E-state index is 0.624. The van der Waals surface area contributed by atoms with Crippen LogP contribution in [-0.4, -0.2) is 17.3 Å². The SMILES string of the molecule is C[n+]1ccn(CCN=Cc2ccc(Cl)cc2Cl)c1. The van der Waals surface area contributed by atoms with Crippen LogP contribution in [0.15, 0.2) is 41.9 Å². The van der Waals surface area contributed by atoms with Gasteiger partial charge in [0.1, 0.15) is 18.9 Å². The van der Waals surface area contributed by atoms with Crippen LogP contribution >= 0.6 is 23.2 Å². The Morgan fingerprint density at radius 2 is 2.22 bits per heavy atom. The van der Waals surface area contributed by atoms with E-state index in [0.717, 1.165) is 12.1 Å². The van der Waals surface area contributed by atoms with Gasteiger partial charge in [-0.15, -0.1) is 0 Å². The maximum Gasteiger partial charge on any atom is 0.243 e. The lowest BCUT2D eigenvalue weighted by Gasteiger charge is -1.98. The molecule has 0 amide bonds. The lowest BCUT2D eigenvalue weighted by Crippen LogP contribution is -2.23. The molecule has 0 saturated carbocycles. The summed E-state index contributed by atoms with van der Waals surface area (Å²) in [5.41, 5.74) is 0.888. The highest BCUT2D eigenvalue weighted by Crippen LogP contribution is 2.19. The first-order chi connectivity index (χ1) is 8.65. The molecule has 2 rings (SSSR count). The first-order valence-corrected chi connectivity index (χ1v) is 6.36. The number of aromatic nitrogens is 2. The molecule has 0 aliphatic heterocycles. The normalized spacial score (nSPS) is 11.3. The molecule has 1 aromatic heterocycles. The van der Waals surface area contributed by atoms with E-state index in [4.69, 9.17) is 23.2 Å². The van der Waals surface area contributed by atoms with Gasteiger partial charge in [-0.2, -0.15) is 0 Å². The smallest absolute Gasteiger partial charge is 0.243 e. The highest BCUT2D eigenvalue weighted by atomic mass is 35.5. The quantitative estimate of drug-likeness (QED) is 0.608. The molecule has 0 saturated heterocycles. The third-order valence-corrected chi connectivity index (χ3v) is 3.07. The molecule has 0 N–H and O–H groups in total. The molecule has 94 valence electrons. The minimum absolute atomic E-state index is 0.624. The van der Waals surface area contributed by atoms with E-state index >= 15 is 0 Å². The summed E-state index contributed by atoms with van der Waals surface area (Å²) in [5.74, 6) is 0. The molecule has 0 fully saturated rings. The fraction of sp³-hybridized carbons (Fsp3) is 0.231. The van der Waals surface area contributed by atoms with Crippen molar-refractivity contribution in [3.8, 4) is 0 Å². The molecule has 3 nitrogen and oxygen atoms in total. The summed E-state index contributed by atoms with van der Waals surface area (Å²) in [6, 6.07) is 5.39. The summed E-state index contributed by atoms with van der Waals surface area (Å²) in [5, 5.41) is 1.26. The van der Waals surface area contributed by atoms with Crippen LogP contribution in [0.1, 0.15) is 5.56 Å². The molecule has 5 heteroatoms. The van der Waals surface area contributed by atoms with Gasteiger partial charge in [0.15, 0.2) is 0 Å². The number of aryl methyl sites for hydroxylation is 1. The Hall–Kier alpha value is -1.32. The average molecular weight is 283 g/mol. The van der Waals surface area contributed by atoms with Crippen molar-refractivity contribution < 1.29 is 4.57 Å². The van der Waals surface area contributed by atoms with Crippen molar-refractivity contribution in [1.29, 1.82) is 0 Å². The molecular formula is C13H14Cl2N3+. The van der Waals surface area contributed by atoms with Crippen molar-refractivity contribution in [2.75, 3.05) is 6.54 Å². The number of hydrogen-bond acceptors (Lipinski definition) is 1. The van der Waals surface area contributed by atoms with Crippen LogP contribution in [0.25, 0.3) is 0 Å². The van der Waals surface area contributed by atoms with Crippen molar-refractivity contribution in [3.05, 3.63) is 52.5 Å². The molecule has 18 heavy (non-hydrogen) atoms. The molecule has 0 aliphatic carbocycles. The van der Waals surface area contributed by atoms with Gasteiger partial charge in [0.25, 0.3) is 0 Å². The predicted octanol–water partition coefficient (Wildman–Crippen LogP) is 2.74. The Morgan fingerprint density at radius 3 is 2.89 bits per heavy atom. The lowest BCUT2D eigenvalue weighted by molar-refractivity contribution is -0.671. The molecular weight excluding hydrogens is 269 g/mol. The van der Waals surface area contributed by atoms with Crippen molar-refractivity contribution in [2.24, 2.45) is 12.0 Å². The Kier molecular flexibility index (Phi) is 4.39. The highest BCUT2D eigenvalue weighted by Gasteiger charge is 1.99. The zero-order valence-corrected chi connectivity index (χ0v) is 11.6. The summed E-state index contributed by atoms with van der Waals surface area (Å²) in [7, 11) is 1.99. The van der Waals surface area contributed by atoms with Gasteiger partial charge in [0.2, 0.25) is 6.33 Å². The second-order valence-electron chi connectivity index (χ2n) is 4.02. The molecule has 0 bridgehead atoms. The molecule has 1 aromatic carbocycles.